The van der Waals surface area contributed by atoms with Crippen molar-refractivity contribution in [2.24, 2.45) is 0 Å². The van der Waals surface area contributed by atoms with E-state index in [0.29, 0.717) is 0 Å². The van der Waals surface area contributed by atoms with Crippen molar-refractivity contribution in [3.63, 3.8) is 0 Å². The highest BCUT2D eigenvalue weighted by atomic mass is 79.9. The fourth-order valence-electron chi connectivity index (χ4n) is 0.786. The van der Waals surface area contributed by atoms with E-state index in [1.54, 1.807) is 0 Å². The molecule has 1 aromatic rings. The van der Waals surface area contributed by atoms with Gasteiger partial charge in [0.05, 0.1) is 0 Å². The fourth-order valence-corrected chi connectivity index (χ4v) is 2.11. The zero-order chi connectivity index (χ0) is 12.7. The fraction of sp³-hybridized carbons (Fsp3) is 0.333. The summed E-state index contributed by atoms with van der Waals surface area (Å²) in [4.78, 5) is 12.2. The van der Waals surface area contributed by atoms with E-state index < -0.39 is 28.6 Å². The summed E-state index contributed by atoms with van der Waals surface area (Å²) in [6.45, 7) is 0. The van der Waals surface area contributed by atoms with Crippen LogP contribution in [0, 0.1) is 0 Å². The smallest absolute Gasteiger partial charge is 0.459 e. The molecule has 1 heterocycles. The normalized spacial score (nSPS) is 12.9. The van der Waals surface area contributed by atoms with Crippen molar-refractivity contribution in [1.82, 2.24) is 4.98 Å². The summed E-state index contributed by atoms with van der Waals surface area (Å²) >= 11 is 2.75. The molecule has 1 N–H and O–H groups in total. The summed E-state index contributed by atoms with van der Waals surface area (Å²) in [5, 5.41) is 8.46. The van der Waals surface area contributed by atoms with E-state index in [4.69, 9.17) is 5.11 Å². The number of thiazole rings is 1. The van der Waals surface area contributed by atoms with Gasteiger partial charge in [0.1, 0.15) is 10.6 Å². The first-order chi connectivity index (χ1) is 7.07. The molecule has 1 rings (SSSR count). The van der Waals surface area contributed by atoms with Crippen LogP contribution in [0.1, 0.15) is 15.4 Å². The number of rotatable bonds is 2. The number of alkyl halides is 5. The third kappa shape index (κ3) is 2.17. The van der Waals surface area contributed by atoms with Crippen molar-refractivity contribution in [2.45, 2.75) is 12.1 Å². The number of hydrogen-bond donors (Lipinski definition) is 1. The number of hydrogen-bond acceptors (Lipinski definition) is 3. The summed E-state index contributed by atoms with van der Waals surface area (Å²) in [5.74, 6) is -7.18. The molecule has 16 heavy (non-hydrogen) atoms. The first kappa shape index (κ1) is 13.3. The molecule has 0 radical (unpaired) electrons. The Labute approximate surface area is 97.0 Å². The zero-order valence-electron chi connectivity index (χ0n) is 6.98. The van der Waals surface area contributed by atoms with Crippen molar-refractivity contribution in [1.29, 1.82) is 0 Å². The molecule has 0 aromatic carbocycles. The van der Waals surface area contributed by atoms with Crippen LogP contribution in [0.5, 0.6) is 0 Å². The molecule has 0 atom stereocenters. The molecule has 1 aromatic heterocycles. The van der Waals surface area contributed by atoms with Gasteiger partial charge >= 0.3 is 18.1 Å². The highest BCUT2D eigenvalue weighted by Gasteiger charge is 2.62. The molecule has 90 valence electrons. The first-order valence-corrected chi connectivity index (χ1v) is 5.03. The van der Waals surface area contributed by atoms with Crippen molar-refractivity contribution in [3.05, 3.63) is 14.5 Å². The van der Waals surface area contributed by atoms with E-state index >= 15 is 0 Å². The first-order valence-electron chi connectivity index (χ1n) is 3.42. The van der Waals surface area contributed by atoms with E-state index in [0.717, 1.165) is 0 Å². The Balaban J connectivity index is 3.38. The Morgan fingerprint density at radius 3 is 2.19 bits per heavy atom. The van der Waals surface area contributed by atoms with Crippen LogP contribution in [0.3, 0.4) is 0 Å². The Bertz CT molecular complexity index is 429. The van der Waals surface area contributed by atoms with E-state index in [2.05, 4.69) is 20.9 Å². The molecular weight excluding hydrogens is 325 g/mol. The van der Waals surface area contributed by atoms with Gasteiger partial charge in [0.2, 0.25) is 0 Å². The number of carboxylic acids is 1. The lowest BCUT2D eigenvalue weighted by Crippen LogP contribution is -2.35. The molecule has 0 unspecified atom stereocenters. The maximum absolute atomic E-state index is 12.8. The van der Waals surface area contributed by atoms with Crippen LogP contribution in [-0.2, 0) is 5.92 Å². The van der Waals surface area contributed by atoms with Gasteiger partial charge in [0, 0.05) is 0 Å². The van der Waals surface area contributed by atoms with Crippen LogP contribution in [0.25, 0.3) is 0 Å². The number of nitrogens with zero attached hydrogens (tertiary/aromatic N) is 1. The number of halogens is 6. The Hall–Kier alpha value is -0.770. The van der Waals surface area contributed by atoms with E-state index in [1.807, 2.05) is 0 Å². The molecule has 0 saturated heterocycles. The van der Waals surface area contributed by atoms with E-state index in [1.165, 1.54) is 0 Å². The van der Waals surface area contributed by atoms with Crippen LogP contribution in [-0.4, -0.2) is 22.2 Å². The van der Waals surface area contributed by atoms with Gasteiger partial charge in [-0.05, 0) is 15.9 Å². The molecule has 3 nitrogen and oxygen atoms in total. The second-order valence-electron chi connectivity index (χ2n) is 2.52. The molecule has 10 heteroatoms. The Kier molecular flexibility index (Phi) is 3.25. The predicted molar refractivity (Wildman–Crippen MR) is 46.7 cm³/mol. The number of carboxylic acid groups (broad SMARTS) is 1. The lowest BCUT2D eigenvalue weighted by molar-refractivity contribution is -0.290. The Morgan fingerprint density at radius 1 is 1.31 bits per heavy atom. The molecule has 0 aliphatic heterocycles. The SMILES string of the molecule is O=C(O)c1sc(Br)nc1C(F)(F)C(F)(F)F. The van der Waals surface area contributed by atoms with E-state index in [-0.39, 0.29) is 15.3 Å². The highest BCUT2D eigenvalue weighted by molar-refractivity contribution is 9.11. The van der Waals surface area contributed by atoms with Crippen LogP contribution < -0.4 is 0 Å². The summed E-state index contributed by atoms with van der Waals surface area (Å²) in [7, 11) is 0. The van der Waals surface area contributed by atoms with Gasteiger partial charge in [-0.1, -0.05) is 11.3 Å². The molecule has 0 aliphatic rings. The number of carbonyl (C=O) groups is 1. The van der Waals surface area contributed by atoms with Gasteiger partial charge in [0.15, 0.2) is 3.92 Å². The summed E-state index contributed by atoms with van der Waals surface area (Å²) in [6, 6.07) is 0. The summed E-state index contributed by atoms with van der Waals surface area (Å²) in [6.07, 6.45) is -5.88. The number of aromatic nitrogens is 1. The van der Waals surface area contributed by atoms with Gasteiger partial charge in [0.25, 0.3) is 0 Å². The Morgan fingerprint density at radius 2 is 1.81 bits per heavy atom. The highest BCUT2D eigenvalue weighted by Crippen LogP contribution is 2.46. The van der Waals surface area contributed by atoms with Crippen LogP contribution in [0.2, 0.25) is 0 Å². The molecule has 0 spiro atoms. The predicted octanol–water partition coefficient (Wildman–Crippen LogP) is 3.26. The lowest BCUT2D eigenvalue weighted by atomic mass is 10.2. The molecule has 0 aliphatic carbocycles. The van der Waals surface area contributed by atoms with Crippen molar-refractivity contribution < 1.29 is 31.9 Å². The molecule has 0 amide bonds. The quantitative estimate of drug-likeness (QED) is 0.849. The average molecular weight is 326 g/mol. The average Bonchev–Trinajstić information content (AvgIpc) is 2.45. The van der Waals surface area contributed by atoms with Crippen molar-refractivity contribution >= 4 is 33.2 Å². The minimum Gasteiger partial charge on any atom is -0.477 e. The second kappa shape index (κ2) is 3.91. The summed E-state index contributed by atoms with van der Waals surface area (Å²) in [5.41, 5.74) is -1.80. The van der Waals surface area contributed by atoms with Crippen molar-refractivity contribution in [2.75, 3.05) is 0 Å². The van der Waals surface area contributed by atoms with Gasteiger partial charge in [-0.3, -0.25) is 0 Å². The van der Waals surface area contributed by atoms with Crippen LogP contribution >= 0.6 is 27.3 Å². The second-order valence-corrected chi connectivity index (χ2v) is 4.80. The standard InChI is InChI=1S/C6HBrF5NO2S/c7-4-13-2(1(16-4)3(14)15)5(8,9)6(10,11)12/h(H,14,15). The van der Waals surface area contributed by atoms with Gasteiger partial charge in [-0.2, -0.15) is 22.0 Å². The molecular formula is C6HBrF5NO2S. The van der Waals surface area contributed by atoms with Gasteiger partial charge < -0.3 is 5.11 Å². The van der Waals surface area contributed by atoms with E-state index in [9.17, 15) is 26.7 Å². The maximum atomic E-state index is 12.8. The molecule has 0 bridgehead atoms. The van der Waals surface area contributed by atoms with Gasteiger partial charge in [-0.15, -0.1) is 0 Å². The monoisotopic (exact) mass is 325 g/mol. The molecule has 0 fully saturated rings. The third-order valence-corrected chi connectivity index (χ3v) is 2.94. The largest absolute Gasteiger partial charge is 0.477 e. The third-order valence-electron chi connectivity index (χ3n) is 1.45. The van der Waals surface area contributed by atoms with Crippen molar-refractivity contribution in [3.8, 4) is 0 Å². The summed E-state index contributed by atoms with van der Waals surface area (Å²) < 4.78 is 61.2. The van der Waals surface area contributed by atoms with Crippen LogP contribution in [0.15, 0.2) is 3.92 Å². The lowest BCUT2D eigenvalue weighted by Gasteiger charge is -2.17. The topological polar surface area (TPSA) is 50.2 Å². The molecule has 0 saturated carbocycles. The zero-order valence-corrected chi connectivity index (χ0v) is 9.38. The van der Waals surface area contributed by atoms with Crippen LogP contribution in [0.4, 0.5) is 22.0 Å². The maximum Gasteiger partial charge on any atom is 0.459 e. The van der Waals surface area contributed by atoms with Gasteiger partial charge in [-0.25, -0.2) is 9.78 Å². The number of aromatic carboxylic acids is 1. The minimum atomic E-state index is -5.88. The minimum absolute atomic E-state index is 0.191.